The Morgan fingerprint density at radius 2 is 1.93 bits per heavy atom. The maximum Gasteiger partial charge on any atom is 0.261 e. The van der Waals surface area contributed by atoms with Gasteiger partial charge in [0.05, 0.1) is 27.9 Å². The minimum atomic E-state index is -0.211. The smallest absolute Gasteiger partial charge is 0.261 e. The molecule has 1 heterocycles. The number of amides is 1. The number of anilines is 1. The van der Waals surface area contributed by atoms with E-state index < -0.39 is 0 Å². The summed E-state index contributed by atoms with van der Waals surface area (Å²) < 4.78 is 6.25. The zero-order valence-corrected chi connectivity index (χ0v) is 18.2. The van der Waals surface area contributed by atoms with Gasteiger partial charge >= 0.3 is 0 Å². The van der Waals surface area contributed by atoms with Gasteiger partial charge in [-0.3, -0.25) is 9.69 Å². The van der Waals surface area contributed by atoms with E-state index in [0.717, 1.165) is 28.9 Å². The van der Waals surface area contributed by atoms with E-state index in [1.165, 1.54) is 11.3 Å². The van der Waals surface area contributed by atoms with Crippen LogP contribution < -0.4 is 9.64 Å². The summed E-state index contributed by atoms with van der Waals surface area (Å²) >= 11 is 13.8. The van der Waals surface area contributed by atoms with Crippen LogP contribution >= 0.6 is 34.5 Å². The highest BCUT2D eigenvalue weighted by atomic mass is 35.5. The Morgan fingerprint density at radius 3 is 2.64 bits per heavy atom. The second-order valence-corrected chi connectivity index (χ2v) is 8.42. The van der Waals surface area contributed by atoms with Crippen molar-refractivity contribution in [3.8, 4) is 5.75 Å². The number of hydrogen-bond donors (Lipinski definition) is 0. The van der Waals surface area contributed by atoms with Crippen LogP contribution in [0.1, 0.15) is 16.8 Å². The lowest BCUT2D eigenvalue weighted by Gasteiger charge is -2.21. The van der Waals surface area contributed by atoms with Gasteiger partial charge < -0.3 is 9.64 Å². The zero-order valence-electron chi connectivity index (χ0n) is 15.9. The molecule has 1 amide bonds. The highest BCUT2D eigenvalue weighted by Crippen LogP contribution is 2.33. The molecule has 0 atom stereocenters. The summed E-state index contributed by atoms with van der Waals surface area (Å²) in [5.74, 6) is 0.545. The van der Waals surface area contributed by atoms with Crippen molar-refractivity contribution in [3.05, 3.63) is 52.0 Å². The van der Waals surface area contributed by atoms with Crippen molar-refractivity contribution in [1.29, 1.82) is 0 Å². The zero-order chi connectivity index (χ0) is 20.3. The molecule has 1 aromatic heterocycles. The molecule has 3 rings (SSSR count). The number of aromatic nitrogens is 1. The van der Waals surface area contributed by atoms with Crippen molar-refractivity contribution < 1.29 is 9.53 Å². The molecule has 0 aliphatic rings. The first-order chi connectivity index (χ1) is 13.4. The molecular formula is C20H21Cl2N3O2S. The predicted molar refractivity (Wildman–Crippen MR) is 117 cm³/mol. The predicted octanol–water partition coefficient (Wildman–Crippen LogP) is 5.21. The van der Waals surface area contributed by atoms with E-state index in [1.807, 2.05) is 32.3 Å². The van der Waals surface area contributed by atoms with Gasteiger partial charge in [0.1, 0.15) is 5.75 Å². The normalized spacial score (nSPS) is 11.2. The maximum atomic E-state index is 13.3. The monoisotopic (exact) mass is 437 g/mol. The number of thiazole rings is 1. The quantitative estimate of drug-likeness (QED) is 0.508. The average molecular weight is 438 g/mol. The molecule has 0 aliphatic carbocycles. The largest absolute Gasteiger partial charge is 0.497 e. The van der Waals surface area contributed by atoms with Crippen LogP contribution in [0.25, 0.3) is 10.2 Å². The van der Waals surface area contributed by atoms with Crippen molar-refractivity contribution in [3.63, 3.8) is 0 Å². The van der Waals surface area contributed by atoms with Crippen LogP contribution in [0.4, 0.5) is 5.13 Å². The van der Waals surface area contributed by atoms with Crippen LogP contribution in [0.5, 0.6) is 5.75 Å². The van der Waals surface area contributed by atoms with Crippen molar-refractivity contribution in [2.45, 2.75) is 6.42 Å². The molecule has 0 saturated heterocycles. The molecule has 0 spiro atoms. The lowest BCUT2D eigenvalue weighted by molar-refractivity contribution is 0.0986. The van der Waals surface area contributed by atoms with Crippen molar-refractivity contribution in [1.82, 2.24) is 9.88 Å². The molecule has 0 unspecified atom stereocenters. The van der Waals surface area contributed by atoms with E-state index in [9.17, 15) is 4.79 Å². The third kappa shape index (κ3) is 4.75. The number of carbonyl (C=O) groups excluding carboxylic acids is 1. The van der Waals surface area contributed by atoms with Gasteiger partial charge in [-0.05, 0) is 63.5 Å². The number of hydrogen-bond acceptors (Lipinski definition) is 5. The highest BCUT2D eigenvalue weighted by Gasteiger charge is 2.23. The summed E-state index contributed by atoms with van der Waals surface area (Å²) in [7, 11) is 5.63. The fourth-order valence-electron chi connectivity index (χ4n) is 2.77. The van der Waals surface area contributed by atoms with E-state index in [0.29, 0.717) is 27.3 Å². The molecule has 3 aromatic rings. The van der Waals surface area contributed by atoms with Gasteiger partial charge in [0.25, 0.3) is 5.91 Å². The number of carbonyl (C=O) groups is 1. The first-order valence-corrected chi connectivity index (χ1v) is 10.3. The molecule has 5 nitrogen and oxygen atoms in total. The Balaban J connectivity index is 1.98. The average Bonchev–Trinajstić information content (AvgIpc) is 3.09. The van der Waals surface area contributed by atoms with E-state index in [1.54, 1.807) is 30.2 Å². The van der Waals surface area contributed by atoms with E-state index in [4.69, 9.17) is 27.9 Å². The van der Waals surface area contributed by atoms with Gasteiger partial charge in [0.15, 0.2) is 5.13 Å². The number of benzene rings is 2. The van der Waals surface area contributed by atoms with Crippen LogP contribution in [0.2, 0.25) is 10.0 Å². The SMILES string of the molecule is COc1ccc2nc(N(CCCN(C)C)C(=O)c3cc(Cl)ccc3Cl)sc2c1. The second kappa shape index (κ2) is 9.09. The summed E-state index contributed by atoms with van der Waals surface area (Å²) in [6.45, 7) is 1.38. The van der Waals surface area contributed by atoms with Crippen LogP contribution in [0.15, 0.2) is 36.4 Å². The number of halogens is 2. The minimum absolute atomic E-state index is 0.211. The second-order valence-electron chi connectivity index (χ2n) is 6.57. The van der Waals surface area contributed by atoms with Gasteiger partial charge in [-0.2, -0.15) is 0 Å². The van der Waals surface area contributed by atoms with Gasteiger partial charge in [-0.25, -0.2) is 4.98 Å². The van der Waals surface area contributed by atoms with Gasteiger partial charge in [-0.1, -0.05) is 34.5 Å². The number of nitrogens with zero attached hydrogens (tertiary/aromatic N) is 3. The number of methoxy groups -OCH3 is 1. The summed E-state index contributed by atoms with van der Waals surface area (Å²) in [5.41, 5.74) is 1.19. The molecule has 0 fully saturated rings. The number of ether oxygens (including phenoxy) is 1. The number of fused-ring (bicyclic) bond motifs is 1. The molecule has 0 bridgehead atoms. The lowest BCUT2D eigenvalue weighted by atomic mass is 10.2. The van der Waals surface area contributed by atoms with Gasteiger partial charge in [0.2, 0.25) is 0 Å². The lowest BCUT2D eigenvalue weighted by Crippen LogP contribution is -2.33. The summed E-state index contributed by atoms with van der Waals surface area (Å²) in [4.78, 5) is 21.7. The highest BCUT2D eigenvalue weighted by molar-refractivity contribution is 7.22. The fraction of sp³-hybridized carbons (Fsp3) is 0.300. The number of rotatable bonds is 7. The molecule has 8 heteroatoms. The Hall–Kier alpha value is -1.86. The van der Waals surface area contributed by atoms with Crippen molar-refractivity contribution in [2.75, 3.05) is 39.2 Å². The Labute approximate surface area is 178 Å². The fourth-order valence-corrected chi connectivity index (χ4v) is 4.16. The Kier molecular flexibility index (Phi) is 6.78. The molecule has 0 aliphatic heterocycles. The van der Waals surface area contributed by atoms with Crippen LogP contribution in [-0.2, 0) is 0 Å². The molecule has 0 saturated carbocycles. The molecular weight excluding hydrogens is 417 g/mol. The summed E-state index contributed by atoms with van der Waals surface area (Å²) in [6, 6.07) is 10.6. The first-order valence-electron chi connectivity index (χ1n) is 8.75. The van der Waals surface area contributed by atoms with Crippen LogP contribution in [0, 0.1) is 0 Å². The standard InChI is InChI=1S/C20H21Cl2N3O2S/c1-24(2)9-4-10-25(19(26)15-11-13(21)5-7-16(15)22)20-23-17-8-6-14(27-3)12-18(17)28-20/h5-8,11-12H,4,9-10H2,1-3H3. The molecule has 148 valence electrons. The van der Waals surface area contributed by atoms with Crippen LogP contribution in [-0.4, -0.2) is 50.1 Å². The maximum absolute atomic E-state index is 13.3. The van der Waals surface area contributed by atoms with E-state index in [2.05, 4.69) is 9.88 Å². The third-order valence-electron chi connectivity index (χ3n) is 4.21. The summed E-state index contributed by atoms with van der Waals surface area (Å²) in [5, 5.41) is 1.47. The van der Waals surface area contributed by atoms with Crippen LogP contribution in [0.3, 0.4) is 0 Å². The molecule has 2 aromatic carbocycles. The van der Waals surface area contributed by atoms with E-state index >= 15 is 0 Å². The Bertz CT molecular complexity index is 991. The van der Waals surface area contributed by atoms with E-state index in [-0.39, 0.29) is 5.91 Å². The topological polar surface area (TPSA) is 45.7 Å². The minimum Gasteiger partial charge on any atom is -0.497 e. The van der Waals surface area contributed by atoms with Gasteiger partial charge in [-0.15, -0.1) is 0 Å². The molecule has 0 radical (unpaired) electrons. The summed E-state index contributed by atoms with van der Waals surface area (Å²) in [6.07, 6.45) is 0.802. The third-order valence-corrected chi connectivity index (χ3v) is 5.81. The first kappa shape index (κ1) is 20.9. The molecule has 28 heavy (non-hydrogen) atoms. The van der Waals surface area contributed by atoms with Crippen molar-refractivity contribution >= 4 is 55.8 Å². The molecule has 0 N–H and O–H groups in total. The Morgan fingerprint density at radius 1 is 1.14 bits per heavy atom. The van der Waals surface area contributed by atoms with Crippen molar-refractivity contribution in [2.24, 2.45) is 0 Å². The van der Waals surface area contributed by atoms with Gasteiger partial charge in [0, 0.05) is 11.6 Å².